The largest absolute Gasteiger partial charge is 0.444 e. The number of imidazole rings is 1. The van der Waals surface area contributed by atoms with Gasteiger partial charge in [-0.25, -0.2) is 9.78 Å². The molecule has 2 aromatic heterocycles. The predicted molar refractivity (Wildman–Crippen MR) is 154 cm³/mol. The fourth-order valence-corrected chi connectivity index (χ4v) is 6.59. The quantitative estimate of drug-likeness (QED) is 0.485. The van der Waals surface area contributed by atoms with Crippen molar-refractivity contribution in [2.45, 2.75) is 83.9 Å². The van der Waals surface area contributed by atoms with Crippen molar-refractivity contribution in [2.75, 3.05) is 24.5 Å². The number of amides is 3. The molecule has 6 rings (SSSR count). The number of ether oxygens (including phenoxy) is 1. The summed E-state index contributed by atoms with van der Waals surface area (Å²) in [5.74, 6) is 0.401. The lowest BCUT2D eigenvalue weighted by Gasteiger charge is -2.35. The topological polar surface area (TPSA) is 115 Å². The van der Waals surface area contributed by atoms with Crippen molar-refractivity contribution in [3.63, 3.8) is 0 Å². The minimum Gasteiger partial charge on any atom is -0.444 e. The summed E-state index contributed by atoms with van der Waals surface area (Å²) >= 11 is 0. The lowest BCUT2D eigenvalue weighted by Crippen LogP contribution is -2.42. The molecule has 0 spiro atoms. The maximum atomic E-state index is 12.8. The summed E-state index contributed by atoms with van der Waals surface area (Å²) < 4.78 is 9.78. The Morgan fingerprint density at radius 1 is 1.05 bits per heavy atom. The van der Waals surface area contributed by atoms with E-state index in [0.717, 1.165) is 72.0 Å². The van der Waals surface area contributed by atoms with Crippen LogP contribution in [0.3, 0.4) is 0 Å². The normalized spacial score (nSPS) is 20.4. The number of aromatic nitrogens is 4. The van der Waals surface area contributed by atoms with E-state index in [1.54, 1.807) is 4.90 Å². The van der Waals surface area contributed by atoms with Gasteiger partial charge >= 0.3 is 6.09 Å². The van der Waals surface area contributed by atoms with E-state index in [9.17, 15) is 14.4 Å². The number of para-hydroxylation sites is 1. The fraction of sp³-hybridized carbons (Fsp3) is 0.567. The summed E-state index contributed by atoms with van der Waals surface area (Å²) in [4.78, 5) is 46.3. The van der Waals surface area contributed by atoms with E-state index >= 15 is 0 Å². The number of piperidine rings is 2. The van der Waals surface area contributed by atoms with Crippen LogP contribution in [0, 0.1) is 6.92 Å². The van der Waals surface area contributed by atoms with E-state index in [2.05, 4.69) is 27.8 Å². The van der Waals surface area contributed by atoms with Gasteiger partial charge in [0.1, 0.15) is 11.4 Å². The van der Waals surface area contributed by atoms with Gasteiger partial charge in [0.2, 0.25) is 11.8 Å². The summed E-state index contributed by atoms with van der Waals surface area (Å²) in [7, 11) is 1.92. The zero-order valence-corrected chi connectivity index (χ0v) is 24.6. The molecular formula is C30H39N7O4. The van der Waals surface area contributed by atoms with Gasteiger partial charge in [-0.3, -0.25) is 19.6 Å². The molecule has 1 N–H and O–H groups in total. The molecule has 3 amide bonds. The Bertz CT molecular complexity index is 1520. The highest BCUT2D eigenvalue weighted by Crippen LogP contribution is 2.38. The lowest BCUT2D eigenvalue weighted by molar-refractivity contribution is -0.134. The van der Waals surface area contributed by atoms with E-state index in [1.807, 2.05) is 44.6 Å². The summed E-state index contributed by atoms with van der Waals surface area (Å²) in [5, 5.41) is 8.19. The van der Waals surface area contributed by atoms with Crippen molar-refractivity contribution in [1.82, 2.24) is 29.5 Å². The van der Waals surface area contributed by atoms with Gasteiger partial charge in [0.05, 0.1) is 40.7 Å². The lowest BCUT2D eigenvalue weighted by atomic mass is 9.91. The van der Waals surface area contributed by atoms with Crippen molar-refractivity contribution in [3.8, 4) is 0 Å². The third-order valence-corrected chi connectivity index (χ3v) is 8.54. The van der Waals surface area contributed by atoms with E-state index in [0.29, 0.717) is 31.8 Å². The summed E-state index contributed by atoms with van der Waals surface area (Å²) in [6.07, 6.45) is 2.43. The Kier molecular flexibility index (Phi) is 6.78. The molecule has 3 aromatic rings. The van der Waals surface area contributed by atoms with E-state index in [4.69, 9.17) is 14.8 Å². The Hall–Kier alpha value is -3.89. The molecule has 3 aliphatic rings. The molecule has 1 atom stereocenters. The highest BCUT2D eigenvalue weighted by atomic mass is 16.6. The molecule has 2 fully saturated rings. The molecule has 0 saturated carbocycles. The van der Waals surface area contributed by atoms with Crippen LogP contribution in [0.4, 0.5) is 10.5 Å². The second kappa shape index (κ2) is 10.2. The number of hydrogen-bond donors (Lipinski definition) is 1. The monoisotopic (exact) mass is 561 g/mol. The first-order valence-electron chi connectivity index (χ1n) is 14.6. The van der Waals surface area contributed by atoms with Crippen LogP contribution in [0.15, 0.2) is 18.2 Å². The number of carbonyl (C=O) groups excluding carboxylic acids is 3. The fourth-order valence-electron chi connectivity index (χ4n) is 6.59. The number of nitrogens with zero attached hydrogens (tertiary/aromatic N) is 6. The predicted octanol–water partition coefficient (Wildman–Crippen LogP) is 3.73. The van der Waals surface area contributed by atoms with Crippen LogP contribution in [-0.2, 0) is 34.5 Å². The molecule has 1 unspecified atom stereocenters. The van der Waals surface area contributed by atoms with Crippen molar-refractivity contribution in [3.05, 3.63) is 41.1 Å². The molecule has 0 radical (unpaired) electrons. The zero-order chi connectivity index (χ0) is 29.1. The molecule has 11 heteroatoms. The minimum atomic E-state index is -0.528. The van der Waals surface area contributed by atoms with Gasteiger partial charge in [0.15, 0.2) is 0 Å². The van der Waals surface area contributed by atoms with Gasteiger partial charge in [-0.2, -0.15) is 5.10 Å². The molecule has 11 nitrogen and oxygen atoms in total. The highest BCUT2D eigenvalue weighted by Gasteiger charge is 2.35. The minimum absolute atomic E-state index is 0.221. The van der Waals surface area contributed by atoms with Gasteiger partial charge in [-0.15, -0.1) is 0 Å². The molecular weight excluding hydrogens is 522 g/mol. The number of nitrogens with one attached hydrogen (secondary N) is 1. The molecule has 5 heterocycles. The SMILES string of the molecule is Cc1nc(C2CCN(c3cccc4c(C5CCC(=O)NC5=O)nn(C)c34)CC2)c2n1CCN(C(=O)OC(C)(C)C)C2. The second-order valence-corrected chi connectivity index (χ2v) is 12.5. The van der Waals surface area contributed by atoms with Crippen LogP contribution in [0.2, 0.25) is 0 Å². The van der Waals surface area contributed by atoms with E-state index in [1.165, 1.54) is 0 Å². The standard InChI is InChI=1S/C30H39N7O4/c1-18-31-25(23-17-36(15-16-37(18)23)29(40)41-30(2,3)4)19-11-13-35(14-12-19)22-8-6-7-20-26(33-34(5)27(20)22)21-9-10-24(38)32-28(21)39/h6-8,19,21H,9-17H2,1-5H3,(H,32,38,39). The van der Waals surface area contributed by atoms with Crippen molar-refractivity contribution < 1.29 is 19.1 Å². The number of carbonyl (C=O) groups is 3. The molecule has 3 aliphatic heterocycles. The van der Waals surface area contributed by atoms with Crippen LogP contribution < -0.4 is 10.2 Å². The zero-order valence-electron chi connectivity index (χ0n) is 24.6. The Labute approximate surface area is 239 Å². The van der Waals surface area contributed by atoms with Crippen molar-refractivity contribution in [1.29, 1.82) is 0 Å². The van der Waals surface area contributed by atoms with Crippen molar-refractivity contribution >= 4 is 34.5 Å². The summed E-state index contributed by atoms with van der Waals surface area (Å²) in [5.41, 5.74) is 4.55. The first-order valence-corrected chi connectivity index (χ1v) is 14.6. The average molecular weight is 562 g/mol. The van der Waals surface area contributed by atoms with Crippen LogP contribution in [-0.4, -0.2) is 67.4 Å². The molecule has 1 aromatic carbocycles. The number of anilines is 1. The van der Waals surface area contributed by atoms with Crippen LogP contribution in [0.5, 0.6) is 0 Å². The van der Waals surface area contributed by atoms with Gasteiger partial charge < -0.3 is 19.1 Å². The van der Waals surface area contributed by atoms with Gasteiger partial charge in [-0.05, 0) is 53.0 Å². The van der Waals surface area contributed by atoms with Crippen molar-refractivity contribution in [2.24, 2.45) is 7.05 Å². The first-order chi connectivity index (χ1) is 19.5. The van der Waals surface area contributed by atoms with Crippen LogP contribution in [0.25, 0.3) is 10.9 Å². The smallest absolute Gasteiger partial charge is 0.410 e. The maximum Gasteiger partial charge on any atom is 0.410 e. The summed E-state index contributed by atoms with van der Waals surface area (Å²) in [6, 6.07) is 6.18. The van der Waals surface area contributed by atoms with E-state index in [-0.39, 0.29) is 17.9 Å². The van der Waals surface area contributed by atoms with Gasteiger partial charge in [0.25, 0.3) is 0 Å². The third-order valence-electron chi connectivity index (χ3n) is 8.54. The van der Waals surface area contributed by atoms with Crippen LogP contribution >= 0.6 is 0 Å². The number of aryl methyl sites for hydroxylation is 2. The number of fused-ring (bicyclic) bond motifs is 2. The van der Waals surface area contributed by atoms with E-state index < -0.39 is 11.5 Å². The maximum absolute atomic E-state index is 12.8. The number of rotatable bonds is 3. The second-order valence-electron chi connectivity index (χ2n) is 12.5. The first kappa shape index (κ1) is 27.3. The Morgan fingerprint density at radius 2 is 1.80 bits per heavy atom. The molecule has 0 aliphatic carbocycles. The highest BCUT2D eigenvalue weighted by molar-refractivity contribution is 6.03. The number of benzene rings is 1. The number of hydrogen-bond acceptors (Lipinski definition) is 7. The van der Waals surface area contributed by atoms with Crippen LogP contribution in [0.1, 0.15) is 81.2 Å². The number of imide groups is 1. The Balaban J connectivity index is 1.20. The Morgan fingerprint density at radius 3 is 2.51 bits per heavy atom. The average Bonchev–Trinajstić information content (AvgIpc) is 3.44. The molecule has 41 heavy (non-hydrogen) atoms. The molecule has 218 valence electrons. The molecule has 2 saturated heterocycles. The third kappa shape index (κ3) is 5.06. The summed E-state index contributed by atoms with van der Waals surface area (Å²) in [6.45, 7) is 11.3. The van der Waals surface area contributed by atoms with Gasteiger partial charge in [0, 0.05) is 51.0 Å². The molecule has 0 bridgehead atoms. The van der Waals surface area contributed by atoms with Gasteiger partial charge in [-0.1, -0.05) is 12.1 Å².